The fourth-order valence-electron chi connectivity index (χ4n) is 11.4. The summed E-state index contributed by atoms with van der Waals surface area (Å²) >= 11 is 0. The molecule has 6 N–H and O–H groups in total. The molecule has 0 radical (unpaired) electrons. The molecule has 2 unspecified atom stereocenters. The molecule has 0 fully saturated rings. The third kappa shape index (κ3) is 16.6. The zero-order valence-corrected chi connectivity index (χ0v) is 51.8. The van der Waals surface area contributed by atoms with Crippen LogP contribution in [0.1, 0.15) is 192 Å². The molecule has 0 saturated heterocycles. The third-order valence-corrected chi connectivity index (χ3v) is 17.0. The van der Waals surface area contributed by atoms with Gasteiger partial charge in [-0.3, -0.25) is 5.26 Å². The van der Waals surface area contributed by atoms with Gasteiger partial charge in [-0.1, -0.05) is 178 Å². The third-order valence-electron chi connectivity index (χ3n) is 17.0. The van der Waals surface area contributed by atoms with Gasteiger partial charge in [-0.05, 0) is 198 Å². The fraction of sp³-hybridized carbons (Fsp3) is 0.465. The molecule has 0 heterocycles. The van der Waals surface area contributed by atoms with Gasteiger partial charge in [0.05, 0.1) is 26.4 Å². The van der Waals surface area contributed by atoms with Gasteiger partial charge >= 0.3 is 11.9 Å². The van der Waals surface area contributed by atoms with Crippen LogP contribution in [-0.2, 0) is 42.9 Å². The van der Waals surface area contributed by atoms with E-state index in [1.807, 2.05) is 31.2 Å². The van der Waals surface area contributed by atoms with Crippen LogP contribution in [0.5, 0.6) is 0 Å². The number of aliphatic carboxylic acids is 1. The average Bonchev–Trinajstić information content (AvgIpc) is 3.42. The molecule has 6 aromatic carbocycles. The second-order valence-electron chi connectivity index (χ2n) is 24.4. The van der Waals surface area contributed by atoms with Gasteiger partial charge in [-0.15, -0.1) is 0 Å². The summed E-state index contributed by atoms with van der Waals surface area (Å²) in [5.74, 6) is -1.91. The summed E-state index contributed by atoms with van der Waals surface area (Å²) in [7, 11) is 2.46. The summed E-state index contributed by atoms with van der Waals surface area (Å²) in [5, 5.41) is 57.9. The van der Waals surface area contributed by atoms with E-state index >= 15 is 0 Å². The van der Waals surface area contributed by atoms with Crippen molar-refractivity contribution in [1.82, 2.24) is 0 Å². The first kappa shape index (κ1) is 67.5. The Bertz CT molecular complexity index is 3020. The summed E-state index contributed by atoms with van der Waals surface area (Å²) in [6.07, 6.45) is 3.61. The number of benzene rings is 6. The van der Waals surface area contributed by atoms with E-state index in [1.165, 1.54) is 58.7 Å². The Kier molecular flexibility index (Phi) is 24.4. The SMILES string of the molecule is CCC(CC)(c1ccc(CCC(O)C(C)(C)C)c(C)c1)c1ccc(-c2cc(C)cc([C@@H](O)C(=O)O)c2)c(C)c1.CCC(CC)(c1ccc(CCC(O)C(C)(C)C)c(C)c1)c1ccc(-c2cccc([C@@H](O)C(=O)OC)c2)c(C)c1.COO. The highest BCUT2D eigenvalue weighted by molar-refractivity contribution is 5.78. The smallest absolute Gasteiger partial charge is 0.339 e. The standard InChI is InChI=1S/2C35H46O4.CH4O2/c1-9-35(10-2,28-13-11-25(23(4)19-28)12-16-31(36)34(6,7)8)29-14-15-30(24(5)20-29)26-17-22(3)18-27(21-26)32(37)33(38)39;1-9-35(10-2,28-16-14-25(23(3)20-28)15-19-31(36)34(5,6)7)29-17-18-30(24(4)21-29)26-12-11-13-27(22-26)32(37)33(38)39-8;1-3-2/h11,13-15,17-21,31-32,36-37H,9-10,12,16H2,1-8H3,(H,38,39);11-14,16-18,20-22,31-32,36-37H,9-10,15,19H2,1-8H3;2H,1H3/t2*31?,32-;/m11./s1. The predicted octanol–water partition coefficient (Wildman–Crippen LogP) is 15.6. The van der Waals surface area contributed by atoms with Crippen LogP contribution >= 0.6 is 0 Å². The lowest BCUT2D eigenvalue weighted by atomic mass is 9.69. The minimum atomic E-state index is -1.54. The Morgan fingerprint density at radius 2 is 0.864 bits per heavy atom. The molecule has 440 valence electrons. The number of ether oxygens (including phenoxy) is 1. The molecule has 10 heteroatoms. The van der Waals surface area contributed by atoms with E-state index in [0.717, 1.165) is 90.3 Å². The molecule has 0 aliphatic heterocycles. The van der Waals surface area contributed by atoms with Crippen LogP contribution in [0.25, 0.3) is 22.3 Å². The number of hydrogen-bond acceptors (Lipinski definition) is 9. The summed E-state index contributed by atoms with van der Waals surface area (Å²) in [6.45, 7) is 32.0. The van der Waals surface area contributed by atoms with E-state index in [9.17, 15) is 35.1 Å². The Hall–Kier alpha value is -5.98. The second-order valence-corrected chi connectivity index (χ2v) is 24.4. The molecule has 10 nitrogen and oxygen atoms in total. The highest BCUT2D eigenvalue weighted by Gasteiger charge is 2.34. The molecule has 0 aromatic heterocycles. The van der Waals surface area contributed by atoms with Gasteiger partial charge in [-0.2, -0.15) is 0 Å². The van der Waals surface area contributed by atoms with Gasteiger partial charge in [0, 0.05) is 10.8 Å². The topological polar surface area (TPSA) is 174 Å². The number of carbonyl (C=O) groups excluding carboxylic acids is 1. The quantitative estimate of drug-likeness (QED) is 0.0245. The van der Waals surface area contributed by atoms with Gasteiger partial charge in [-0.25, -0.2) is 14.5 Å². The van der Waals surface area contributed by atoms with Crippen LogP contribution in [0.3, 0.4) is 0 Å². The predicted molar refractivity (Wildman–Crippen MR) is 330 cm³/mol. The largest absolute Gasteiger partial charge is 0.479 e. The Labute approximate surface area is 485 Å². The summed E-state index contributed by atoms with van der Waals surface area (Å²) in [6, 6.07) is 40.0. The van der Waals surface area contributed by atoms with E-state index in [1.54, 1.807) is 18.2 Å². The second kappa shape index (κ2) is 29.3. The number of rotatable bonds is 20. The lowest BCUT2D eigenvalue weighted by molar-refractivity contribution is -0.214. The summed E-state index contributed by atoms with van der Waals surface area (Å²) < 4.78 is 4.71. The van der Waals surface area contributed by atoms with Crippen molar-refractivity contribution in [3.8, 4) is 22.3 Å². The number of aliphatic hydroxyl groups excluding tert-OH is 4. The number of esters is 1. The maximum Gasteiger partial charge on any atom is 0.339 e. The van der Waals surface area contributed by atoms with Crippen LogP contribution in [0, 0.1) is 45.4 Å². The molecule has 0 spiro atoms. The zero-order chi connectivity index (χ0) is 60.8. The molecular weight excluding hydrogens is 1010 g/mol. The molecule has 6 aromatic rings. The molecule has 4 atom stereocenters. The van der Waals surface area contributed by atoms with Crippen molar-refractivity contribution in [3.05, 3.63) is 188 Å². The van der Waals surface area contributed by atoms with Gasteiger partial charge in [0.2, 0.25) is 0 Å². The van der Waals surface area contributed by atoms with Crippen LogP contribution in [-0.4, -0.2) is 69.2 Å². The van der Waals surface area contributed by atoms with Gasteiger partial charge in [0.1, 0.15) is 0 Å². The van der Waals surface area contributed by atoms with Crippen LogP contribution in [0.4, 0.5) is 0 Å². The van der Waals surface area contributed by atoms with Crippen LogP contribution in [0.15, 0.2) is 115 Å². The highest BCUT2D eigenvalue weighted by Crippen LogP contribution is 2.44. The Morgan fingerprint density at radius 3 is 1.22 bits per heavy atom. The van der Waals surface area contributed by atoms with Crippen molar-refractivity contribution < 1.29 is 50.0 Å². The number of carboxylic acid groups (broad SMARTS) is 1. The first-order valence-corrected chi connectivity index (χ1v) is 28.9. The summed E-state index contributed by atoms with van der Waals surface area (Å²) in [5.41, 5.74) is 17.9. The minimum Gasteiger partial charge on any atom is -0.479 e. The zero-order valence-electron chi connectivity index (χ0n) is 51.8. The average molecular weight is 1110 g/mol. The number of carbonyl (C=O) groups is 2. The molecule has 0 amide bonds. The molecule has 0 aliphatic rings. The van der Waals surface area contributed by atoms with Gasteiger partial charge < -0.3 is 30.3 Å². The van der Waals surface area contributed by atoms with Gasteiger partial charge in [0.15, 0.2) is 12.2 Å². The number of aryl methyl sites for hydroxylation is 7. The number of methoxy groups -OCH3 is 1. The Balaban J connectivity index is 0.000000332. The Morgan fingerprint density at radius 1 is 0.481 bits per heavy atom. The fourth-order valence-corrected chi connectivity index (χ4v) is 11.4. The number of carboxylic acids is 1. The molecule has 0 saturated carbocycles. The molecule has 0 aliphatic carbocycles. The maximum absolute atomic E-state index is 11.9. The van der Waals surface area contributed by atoms with E-state index in [2.05, 4.69) is 175 Å². The molecule has 6 rings (SSSR count). The van der Waals surface area contributed by atoms with E-state index in [-0.39, 0.29) is 33.9 Å². The van der Waals surface area contributed by atoms with Crippen LogP contribution in [0.2, 0.25) is 0 Å². The first-order valence-electron chi connectivity index (χ1n) is 28.9. The highest BCUT2D eigenvalue weighted by atomic mass is 17.1. The van der Waals surface area contributed by atoms with Crippen molar-refractivity contribution in [1.29, 1.82) is 0 Å². The molecule has 81 heavy (non-hydrogen) atoms. The first-order chi connectivity index (χ1) is 38.0. The van der Waals surface area contributed by atoms with E-state index in [4.69, 9.17) is 9.99 Å². The number of aliphatic hydroxyl groups is 4. The lowest BCUT2D eigenvalue weighted by Gasteiger charge is -2.34. The van der Waals surface area contributed by atoms with Crippen molar-refractivity contribution in [2.45, 2.75) is 190 Å². The van der Waals surface area contributed by atoms with E-state index in [0.29, 0.717) is 11.1 Å². The van der Waals surface area contributed by atoms with Crippen molar-refractivity contribution >= 4 is 11.9 Å². The normalized spacial score (nSPS) is 13.5. The van der Waals surface area contributed by atoms with E-state index < -0.39 is 24.1 Å². The monoisotopic (exact) mass is 1110 g/mol. The molecular formula is C71H96O10. The molecule has 0 bridgehead atoms. The van der Waals surface area contributed by atoms with Crippen molar-refractivity contribution in [3.63, 3.8) is 0 Å². The van der Waals surface area contributed by atoms with Gasteiger partial charge in [0.25, 0.3) is 0 Å². The summed E-state index contributed by atoms with van der Waals surface area (Å²) in [4.78, 5) is 26.5. The maximum atomic E-state index is 11.9. The van der Waals surface area contributed by atoms with Crippen LogP contribution < -0.4 is 0 Å². The lowest BCUT2D eigenvalue weighted by Crippen LogP contribution is -2.27. The van der Waals surface area contributed by atoms with Crippen molar-refractivity contribution in [2.24, 2.45) is 10.8 Å². The van der Waals surface area contributed by atoms with Crippen molar-refractivity contribution in [2.75, 3.05) is 14.2 Å². The minimum absolute atomic E-state index is 0.111. The number of hydrogen-bond donors (Lipinski definition) is 6.